The molecule has 2 N–H and O–H groups in total. The van der Waals surface area contributed by atoms with Crippen molar-refractivity contribution in [1.82, 2.24) is 14.9 Å². The summed E-state index contributed by atoms with van der Waals surface area (Å²) in [5.41, 5.74) is 3.03. The third-order valence-corrected chi connectivity index (χ3v) is 4.75. The summed E-state index contributed by atoms with van der Waals surface area (Å²) >= 11 is 0. The van der Waals surface area contributed by atoms with E-state index in [4.69, 9.17) is 0 Å². The van der Waals surface area contributed by atoms with Crippen molar-refractivity contribution < 1.29 is 9.59 Å². The maximum absolute atomic E-state index is 12.8. The number of anilines is 1. The highest BCUT2D eigenvalue weighted by molar-refractivity contribution is 6.04. The lowest BCUT2D eigenvalue weighted by Gasteiger charge is -2.17. The van der Waals surface area contributed by atoms with Crippen molar-refractivity contribution in [2.75, 3.05) is 11.9 Å². The highest BCUT2D eigenvalue weighted by Gasteiger charge is 2.27. The molecule has 0 spiro atoms. The minimum Gasteiger partial charge on any atom is -0.351 e. The van der Waals surface area contributed by atoms with Crippen LogP contribution in [0.15, 0.2) is 24.3 Å². The standard InChI is InChI=1S/C20H26N4O2/c1-3-4-12-21-19(25)17-16-11-7-8-13-24(16)18(23-17)20(26)22-15-10-6-5-9-14(15)2/h5-6,9-10H,3-4,7-8,11-13H2,1-2H3,(H,21,25)(H,22,26). The number of para-hydroxylation sites is 1. The van der Waals surface area contributed by atoms with E-state index in [0.717, 1.165) is 55.6 Å². The van der Waals surface area contributed by atoms with Gasteiger partial charge in [-0.05, 0) is 44.2 Å². The van der Waals surface area contributed by atoms with E-state index in [1.165, 1.54) is 0 Å². The maximum Gasteiger partial charge on any atom is 0.291 e. The average Bonchev–Trinajstić information content (AvgIpc) is 3.04. The third-order valence-electron chi connectivity index (χ3n) is 4.75. The number of nitrogens with one attached hydrogen (secondary N) is 2. The molecule has 0 radical (unpaired) electrons. The molecule has 0 fully saturated rings. The van der Waals surface area contributed by atoms with Crippen LogP contribution in [0.5, 0.6) is 0 Å². The Balaban J connectivity index is 1.86. The summed E-state index contributed by atoms with van der Waals surface area (Å²) in [6.45, 7) is 5.38. The first-order valence-electron chi connectivity index (χ1n) is 9.36. The van der Waals surface area contributed by atoms with E-state index in [9.17, 15) is 9.59 Å². The molecule has 26 heavy (non-hydrogen) atoms. The number of hydrogen-bond donors (Lipinski definition) is 2. The zero-order valence-corrected chi connectivity index (χ0v) is 15.5. The zero-order chi connectivity index (χ0) is 18.5. The molecule has 6 nitrogen and oxygen atoms in total. The van der Waals surface area contributed by atoms with Gasteiger partial charge in [-0.25, -0.2) is 4.98 Å². The Kier molecular flexibility index (Phi) is 5.71. The van der Waals surface area contributed by atoms with Crippen molar-refractivity contribution in [3.05, 3.63) is 47.0 Å². The topological polar surface area (TPSA) is 76.0 Å². The lowest BCUT2D eigenvalue weighted by Crippen LogP contribution is -2.26. The van der Waals surface area contributed by atoms with E-state index in [0.29, 0.717) is 18.1 Å². The smallest absolute Gasteiger partial charge is 0.291 e. The van der Waals surface area contributed by atoms with E-state index >= 15 is 0 Å². The van der Waals surface area contributed by atoms with Gasteiger partial charge in [-0.1, -0.05) is 31.5 Å². The van der Waals surface area contributed by atoms with Crippen LogP contribution in [0.25, 0.3) is 0 Å². The van der Waals surface area contributed by atoms with Crippen molar-refractivity contribution >= 4 is 17.5 Å². The maximum atomic E-state index is 12.8. The number of fused-ring (bicyclic) bond motifs is 1. The lowest BCUT2D eigenvalue weighted by atomic mass is 10.1. The van der Waals surface area contributed by atoms with Crippen LogP contribution in [0, 0.1) is 6.92 Å². The molecule has 0 unspecified atom stereocenters. The highest BCUT2D eigenvalue weighted by Crippen LogP contribution is 2.22. The fourth-order valence-corrected chi connectivity index (χ4v) is 3.25. The number of benzene rings is 1. The second-order valence-corrected chi connectivity index (χ2v) is 6.72. The summed E-state index contributed by atoms with van der Waals surface area (Å²) < 4.78 is 1.91. The normalized spacial score (nSPS) is 13.2. The summed E-state index contributed by atoms with van der Waals surface area (Å²) in [7, 11) is 0. The molecule has 1 aliphatic rings. The third kappa shape index (κ3) is 3.79. The van der Waals surface area contributed by atoms with E-state index in [1.807, 2.05) is 35.8 Å². The van der Waals surface area contributed by atoms with Gasteiger partial charge in [-0.2, -0.15) is 0 Å². The van der Waals surface area contributed by atoms with Crippen molar-refractivity contribution in [2.45, 2.75) is 52.5 Å². The number of amides is 2. The van der Waals surface area contributed by atoms with Crippen LogP contribution in [0.3, 0.4) is 0 Å². The fraction of sp³-hybridized carbons (Fsp3) is 0.450. The van der Waals surface area contributed by atoms with Gasteiger partial charge in [-0.15, -0.1) is 0 Å². The lowest BCUT2D eigenvalue weighted by molar-refractivity contribution is 0.0947. The van der Waals surface area contributed by atoms with Gasteiger partial charge in [0.15, 0.2) is 5.82 Å². The van der Waals surface area contributed by atoms with Crippen molar-refractivity contribution in [3.8, 4) is 0 Å². The number of unbranched alkanes of at least 4 members (excludes halogenated alkanes) is 1. The Morgan fingerprint density at radius 1 is 1.19 bits per heavy atom. The van der Waals surface area contributed by atoms with Crippen LogP contribution in [0.4, 0.5) is 5.69 Å². The number of aryl methyl sites for hydroxylation is 1. The quantitative estimate of drug-likeness (QED) is 0.782. The molecular weight excluding hydrogens is 328 g/mol. The molecule has 138 valence electrons. The van der Waals surface area contributed by atoms with Gasteiger partial charge in [0.05, 0.1) is 5.69 Å². The molecule has 2 amide bonds. The molecule has 0 aliphatic carbocycles. The molecule has 0 atom stereocenters. The number of carbonyl (C=O) groups excluding carboxylic acids is 2. The van der Waals surface area contributed by atoms with Gasteiger partial charge >= 0.3 is 0 Å². The summed E-state index contributed by atoms with van der Waals surface area (Å²) in [4.78, 5) is 29.8. The van der Waals surface area contributed by atoms with Gasteiger partial charge in [0.25, 0.3) is 11.8 Å². The summed E-state index contributed by atoms with van der Waals surface area (Å²) in [6, 6.07) is 7.63. The predicted molar refractivity (Wildman–Crippen MR) is 102 cm³/mol. The van der Waals surface area contributed by atoms with E-state index in [-0.39, 0.29) is 11.8 Å². The number of carbonyl (C=O) groups is 2. The van der Waals surface area contributed by atoms with E-state index < -0.39 is 0 Å². The first kappa shape index (κ1) is 18.2. The average molecular weight is 354 g/mol. The van der Waals surface area contributed by atoms with Gasteiger partial charge < -0.3 is 15.2 Å². The van der Waals surface area contributed by atoms with E-state index in [2.05, 4.69) is 22.5 Å². The molecule has 0 saturated carbocycles. The SMILES string of the molecule is CCCCNC(=O)c1nc(C(=O)Nc2ccccc2C)n2c1CCCC2. The van der Waals surface area contributed by atoms with Gasteiger partial charge in [0, 0.05) is 18.8 Å². The van der Waals surface area contributed by atoms with Crippen LogP contribution < -0.4 is 10.6 Å². The second-order valence-electron chi connectivity index (χ2n) is 6.72. The summed E-state index contributed by atoms with van der Waals surface area (Å²) in [6.07, 6.45) is 4.74. The van der Waals surface area contributed by atoms with Gasteiger partial charge in [0.2, 0.25) is 0 Å². The minimum atomic E-state index is -0.268. The molecule has 1 aromatic heterocycles. The number of imidazole rings is 1. The minimum absolute atomic E-state index is 0.181. The highest BCUT2D eigenvalue weighted by atomic mass is 16.2. The Labute approximate surface area is 154 Å². The van der Waals surface area contributed by atoms with Crippen molar-refractivity contribution in [3.63, 3.8) is 0 Å². The Morgan fingerprint density at radius 2 is 2.00 bits per heavy atom. The summed E-state index contributed by atoms with van der Waals surface area (Å²) in [5, 5.41) is 5.84. The van der Waals surface area contributed by atoms with Crippen molar-refractivity contribution in [1.29, 1.82) is 0 Å². The molecule has 0 bridgehead atoms. The van der Waals surface area contributed by atoms with E-state index in [1.54, 1.807) is 0 Å². The van der Waals surface area contributed by atoms with Crippen LogP contribution in [0.1, 0.15) is 65.0 Å². The molecule has 0 saturated heterocycles. The number of aromatic nitrogens is 2. The van der Waals surface area contributed by atoms with Gasteiger partial charge in [0.1, 0.15) is 5.69 Å². The Bertz CT molecular complexity index is 810. The van der Waals surface area contributed by atoms with Crippen LogP contribution >= 0.6 is 0 Å². The molecular formula is C20H26N4O2. The number of nitrogens with zero attached hydrogens (tertiary/aromatic N) is 2. The van der Waals surface area contributed by atoms with Crippen LogP contribution in [0.2, 0.25) is 0 Å². The molecule has 1 aliphatic heterocycles. The Morgan fingerprint density at radius 3 is 2.77 bits per heavy atom. The van der Waals surface area contributed by atoms with Crippen LogP contribution in [-0.4, -0.2) is 27.9 Å². The van der Waals surface area contributed by atoms with Crippen molar-refractivity contribution in [2.24, 2.45) is 0 Å². The largest absolute Gasteiger partial charge is 0.351 e. The number of rotatable bonds is 6. The molecule has 1 aromatic carbocycles. The zero-order valence-electron chi connectivity index (χ0n) is 15.5. The second kappa shape index (κ2) is 8.17. The Hall–Kier alpha value is -2.63. The molecule has 6 heteroatoms. The first-order chi connectivity index (χ1) is 12.6. The molecule has 2 aromatic rings. The fourth-order valence-electron chi connectivity index (χ4n) is 3.25. The summed E-state index contributed by atoms with van der Waals surface area (Å²) in [5.74, 6) is -0.127. The monoisotopic (exact) mass is 354 g/mol. The molecule has 3 rings (SSSR count). The predicted octanol–water partition coefficient (Wildman–Crippen LogP) is 3.31. The number of hydrogen-bond acceptors (Lipinski definition) is 3. The first-order valence-corrected chi connectivity index (χ1v) is 9.36. The molecule has 2 heterocycles. The van der Waals surface area contributed by atoms with Gasteiger partial charge in [-0.3, -0.25) is 9.59 Å². The van der Waals surface area contributed by atoms with Crippen LogP contribution in [-0.2, 0) is 13.0 Å².